The summed E-state index contributed by atoms with van der Waals surface area (Å²) >= 11 is 0. The van der Waals surface area contributed by atoms with Crippen LogP contribution in [0.4, 0.5) is 18.9 Å². The predicted octanol–water partition coefficient (Wildman–Crippen LogP) is 5.13. The molecular weight excluding hydrogens is 477 g/mol. The monoisotopic (exact) mass is 506 g/mol. The van der Waals surface area contributed by atoms with Crippen molar-refractivity contribution in [3.8, 4) is 5.75 Å². The molecule has 2 aromatic carbocycles. The maximum atomic E-state index is 12.0. The standard InChI is InChI=1S/C24H28N2O3.C2HF3O2/c1-16-4-5-18(12-17(16)2)15-26-10-8-19(9-11-26)25-22-14-24(27)29-23-7-6-20(28-3)13-21(22)23;3-2(4,5)1(6)7/h4-7,12-14,19,25H,8-11,15H2,1-3H3;(H,6,7). The number of nitrogens with zero attached hydrogens (tertiary/aromatic N) is 1. The van der Waals surface area contributed by atoms with Crippen LogP contribution in [0.25, 0.3) is 11.0 Å². The third kappa shape index (κ3) is 7.24. The first-order valence-corrected chi connectivity index (χ1v) is 11.4. The zero-order chi connectivity index (χ0) is 26.5. The zero-order valence-corrected chi connectivity index (χ0v) is 20.3. The number of hydrogen-bond donors (Lipinski definition) is 2. The van der Waals surface area contributed by atoms with Crippen LogP contribution in [0, 0.1) is 13.8 Å². The molecule has 36 heavy (non-hydrogen) atoms. The van der Waals surface area contributed by atoms with Gasteiger partial charge in [-0.1, -0.05) is 18.2 Å². The molecule has 4 rings (SSSR count). The van der Waals surface area contributed by atoms with Crippen LogP contribution in [0.15, 0.2) is 51.7 Å². The summed E-state index contributed by atoms with van der Waals surface area (Å²) in [5.74, 6) is -2.01. The maximum Gasteiger partial charge on any atom is 0.490 e. The Morgan fingerprint density at radius 2 is 1.78 bits per heavy atom. The van der Waals surface area contributed by atoms with Crippen molar-refractivity contribution in [2.24, 2.45) is 0 Å². The van der Waals surface area contributed by atoms with Crippen molar-refractivity contribution in [2.75, 3.05) is 25.5 Å². The summed E-state index contributed by atoms with van der Waals surface area (Å²) in [6, 6.07) is 14.1. The van der Waals surface area contributed by atoms with Gasteiger partial charge >= 0.3 is 17.8 Å². The molecule has 2 N–H and O–H groups in total. The highest BCUT2D eigenvalue weighted by atomic mass is 19.4. The van der Waals surface area contributed by atoms with Crippen molar-refractivity contribution in [3.05, 3.63) is 69.6 Å². The Kier molecular flexibility index (Phi) is 8.62. The Labute approximate surface area is 206 Å². The molecule has 0 unspecified atom stereocenters. The van der Waals surface area contributed by atoms with E-state index in [1.165, 1.54) is 16.7 Å². The van der Waals surface area contributed by atoms with Gasteiger partial charge in [0.05, 0.1) is 12.8 Å². The number of anilines is 1. The molecule has 1 saturated heterocycles. The Bertz CT molecular complexity index is 1260. The Morgan fingerprint density at radius 3 is 2.36 bits per heavy atom. The van der Waals surface area contributed by atoms with Crippen LogP contribution < -0.4 is 15.7 Å². The van der Waals surface area contributed by atoms with Crippen molar-refractivity contribution >= 4 is 22.6 Å². The van der Waals surface area contributed by atoms with Crippen molar-refractivity contribution < 1.29 is 32.2 Å². The second kappa shape index (κ2) is 11.5. The number of ether oxygens (including phenoxy) is 1. The minimum atomic E-state index is -5.08. The Balaban J connectivity index is 0.000000454. The number of nitrogens with one attached hydrogen (secondary N) is 1. The number of aliphatic carboxylic acids is 1. The van der Waals surface area contributed by atoms with Gasteiger partial charge in [0.2, 0.25) is 0 Å². The van der Waals surface area contributed by atoms with Gasteiger partial charge in [-0.05, 0) is 61.6 Å². The predicted molar refractivity (Wildman–Crippen MR) is 131 cm³/mol. The molecule has 0 aliphatic carbocycles. The molecule has 0 amide bonds. The van der Waals surface area contributed by atoms with Crippen LogP contribution in [0.5, 0.6) is 5.75 Å². The number of carboxylic acid groups (broad SMARTS) is 1. The fourth-order valence-electron chi connectivity index (χ4n) is 4.00. The quantitative estimate of drug-likeness (QED) is 0.464. The third-order valence-corrected chi connectivity index (χ3v) is 6.12. The fraction of sp³-hybridized carbons (Fsp3) is 0.385. The first kappa shape index (κ1) is 27.1. The van der Waals surface area contributed by atoms with Crippen molar-refractivity contribution in [2.45, 2.75) is 45.5 Å². The average Bonchev–Trinajstić information content (AvgIpc) is 2.82. The number of likely N-dealkylation sites (tertiary alicyclic amines) is 1. The first-order chi connectivity index (χ1) is 17.0. The third-order valence-electron chi connectivity index (χ3n) is 6.12. The van der Waals surface area contributed by atoms with E-state index >= 15 is 0 Å². The highest BCUT2D eigenvalue weighted by molar-refractivity contribution is 5.90. The molecule has 0 spiro atoms. The van der Waals surface area contributed by atoms with Gasteiger partial charge in [-0.15, -0.1) is 0 Å². The number of aryl methyl sites for hydroxylation is 2. The van der Waals surface area contributed by atoms with E-state index < -0.39 is 12.1 Å². The largest absolute Gasteiger partial charge is 0.497 e. The Hall–Kier alpha value is -3.53. The number of benzene rings is 2. The van der Waals surface area contributed by atoms with Crippen LogP contribution >= 0.6 is 0 Å². The maximum absolute atomic E-state index is 12.0. The number of piperidine rings is 1. The van der Waals surface area contributed by atoms with Gasteiger partial charge in [-0.25, -0.2) is 9.59 Å². The molecule has 0 atom stereocenters. The molecular formula is C26H29F3N2O5. The van der Waals surface area contributed by atoms with Crippen molar-refractivity contribution in [1.82, 2.24) is 4.90 Å². The normalized spacial score (nSPS) is 14.7. The van der Waals surface area contributed by atoms with E-state index in [2.05, 4.69) is 42.3 Å². The molecule has 1 aliphatic heterocycles. The van der Waals surface area contributed by atoms with Gasteiger partial charge in [0, 0.05) is 37.1 Å². The summed E-state index contributed by atoms with van der Waals surface area (Å²) in [4.78, 5) is 23.4. The zero-order valence-electron chi connectivity index (χ0n) is 20.3. The molecule has 1 aromatic heterocycles. The number of fused-ring (bicyclic) bond motifs is 1. The molecule has 0 radical (unpaired) electrons. The van der Waals surface area contributed by atoms with Crippen LogP contribution in [0.1, 0.15) is 29.5 Å². The van der Waals surface area contributed by atoms with Gasteiger partial charge in [0.25, 0.3) is 0 Å². The van der Waals surface area contributed by atoms with Crippen LogP contribution in [-0.2, 0) is 11.3 Å². The molecule has 2 heterocycles. The highest BCUT2D eigenvalue weighted by Crippen LogP contribution is 2.28. The number of alkyl halides is 3. The van der Waals surface area contributed by atoms with Gasteiger partial charge in [0.1, 0.15) is 11.3 Å². The summed E-state index contributed by atoms with van der Waals surface area (Å²) < 4.78 is 42.4. The summed E-state index contributed by atoms with van der Waals surface area (Å²) in [6.07, 6.45) is -3.01. The number of rotatable bonds is 5. The summed E-state index contributed by atoms with van der Waals surface area (Å²) in [5, 5.41) is 11.6. The minimum Gasteiger partial charge on any atom is -0.497 e. The van der Waals surface area contributed by atoms with Gasteiger partial charge in [-0.2, -0.15) is 13.2 Å². The lowest BCUT2D eigenvalue weighted by atomic mass is 10.0. The van der Waals surface area contributed by atoms with E-state index in [0.717, 1.165) is 49.3 Å². The number of halogens is 3. The average molecular weight is 507 g/mol. The summed E-state index contributed by atoms with van der Waals surface area (Å²) in [6.45, 7) is 7.38. The lowest BCUT2D eigenvalue weighted by molar-refractivity contribution is -0.192. The first-order valence-electron chi connectivity index (χ1n) is 11.4. The highest BCUT2D eigenvalue weighted by Gasteiger charge is 2.38. The summed E-state index contributed by atoms with van der Waals surface area (Å²) in [5.41, 5.74) is 5.13. The van der Waals surface area contributed by atoms with E-state index in [1.54, 1.807) is 25.3 Å². The smallest absolute Gasteiger partial charge is 0.490 e. The molecule has 7 nitrogen and oxygen atoms in total. The van der Waals surface area contributed by atoms with Gasteiger partial charge in [-0.3, -0.25) is 4.90 Å². The second-order valence-electron chi connectivity index (χ2n) is 8.76. The minimum absolute atomic E-state index is 0.335. The molecule has 10 heteroatoms. The van der Waals surface area contributed by atoms with Gasteiger partial charge < -0.3 is 19.6 Å². The number of methoxy groups -OCH3 is 1. The van der Waals surface area contributed by atoms with Crippen molar-refractivity contribution in [3.63, 3.8) is 0 Å². The lowest BCUT2D eigenvalue weighted by Crippen LogP contribution is -2.38. The van der Waals surface area contributed by atoms with E-state index in [4.69, 9.17) is 19.1 Å². The van der Waals surface area contributed by atoms with Gasteiger partial charge in [0.15, 0.2) is 0 Å². The number of hydrogen-bond acceptors (Lipinski definition) is 6. The molecule has 3 aromatic rings. The summed E-state index contributed by atoms with van der Waals surface area (Å²) in [7, 11) is 1.64. The molecule has 0 bridgehead atoms. The fourth-order valence-corrected chi connectivity index (χ4v) is 4.00. The van der Waals surface area contributed by atoms with Crippen molar-refractivity contribution in [1.29, 1.82) is 0 Å². The Morgan fingerprint density at radius 1 is 1.11 bits per heavy atom. The molecule has 194 valence electrons. The number of carbonyl (C=O) groups is 1. The van der Waals surface area contributed by atoms with Crippen LogP contribution in [-0.4, -0.2) is 48.4 Å². The van der Waals surface area contributed by atoms with Crippen LogP contribution in [0.3, 0.4) is 0 Å². The van der Waals surface area contributed by atoms with E-state index in [9.17, 15) is 18.0 Å². The second-order valence-corrected chi connectivity index (χ2v) is 8.76. The van der Waals surface area contributed by atoms with E-state index in [-0.39, 0.29) is 5.63 Å². The number of carboxylic acids is 1. The topological polar surface area (TPSA) is 92.0 Å². The lowest BCUT2D eigenvalue weighted by Gasteiger charge is -2.33. The SMILES string of the molecule is COc1ccc2oc(=O)cc(NC3CCN(Cc4ccc(C)c(C)c4)CC3)c2c1.O=C(O)C(F)(F)F. The molecule has 0 saturated carbocycles. The molecule has 1 aliphatic rings. The van der Waals surface area contributed by atoms with E-state index in [0.29, 0.717) is 11.6 Å². The van der Waals surface area contributed by atoms with Crippen LogP contribution in [0.2, 0.25) is 0 Å². The molecule has 1 fully saturated rings. The van der Waals surface area contributed by atoms with E-state index in [1.807, 2.05) is 6.07 Å².